The Bertz CT molecular complexity index is 629. The van der Waals surface area contributed by atoms with Crippen LogP contribution in [0.5, 0.6) is 0 Å². The van der Waals surface area contributed by atoms with Crippen LogP contribution in [0, 0.1) is 6.92 Å². The summed E-state index contributed by atoms with van der Waals surface area (Å²) in [5, 5.41) is 0. The van der Waals surface area contributed by atoms with Crippen LogP contribution >= 0.6 is 0 Å². The molecule has 0 aliphatic heterocycles. The quantitative estimate of drug-likeness (QED) is 0.821. The average Bonchev–Trinajstić information content (AvgIpc) is 2.69. The highest BCUT2D eigenvalue weighted by Crippen LogP contribution is 2.20. The van der Waals surface area contributed by atoms with E-state index in [0.29, 0.717) is 12.0 Å². The van der Waals surface area contributed by atoms with Gasteiger partial charge in [0.05, 0.1) is 0 Å². The Labute approximate surface area is 100 Å². The van der Waals surface area contributed by atoms with E-state index in [2.05, 4.69) is 4.98 Å². The van der Waals surface area contributed by atoms with Crippen LogP contribution in [0.25, 0.3) is 0 Å². The Balaban J connectivity index is 2.39. The maximum atomic E-state index is 11.1. The Morgan fingerprint density at radius 2 is 1.88 bits per heavy atom. The zero-order valence-corrected chi connectivity index (χ0v) is 10.2. The van der Waals surface area contributed by atoms with Gasteiger partial charge in [0.15, 0.2) is 0 Å². The van der Waals surface area contributed by atoms with Gasteiger partial charge in [-0.05, 0) is 23.6 Å². The second-order valence-corrected chi connectivity index (χ2v) is 5.31. The highest BCUT2D eigenvalue weighted by Gasteiger charge is 2.16. The summed E-state index contributed by atoms with van der Waals surface area (Å²) in [5.74, 6) is 0. The summed E-state index contributed by atoms with van der Waals surface area (Å²) >= 11 is 0. The van der Waals surface area contributed by atoms with E-state index in [4.69, 9.17) is 4.55 Å². The van der Waals surface area contributed by atoms with Crippen LogP contribution in [0.15, 0.2) is 41.6 Å². The molecule has 0 aliphatic rings. The Hall–Kier alpha value is -1.59. The molecule has 0 fully saturated rings. The van der Waals surface area contributed by atoms with E-state index in [9.17, 15) is 8.42 Å². The predicted octanol–water partition coefficient (Wildman–Crippen LogP) is 2.16. The van der Waals surface area contributed by atoms with Gasteiger partial charge in [-0.3, -0.25) is 4.55 Å². The lowest BCUT2D eigenvalue weighted by atomic mass is 10.0. The number of H-pyrrole nitrogens is 1. The van der Waals surface area contributed by atoms with Gasteiger partial charge in [0.2, 0.25) is 0 Å². The Morgan fingerprint density at radius 3 is 2.53 bits per heavy atom. The van der Waals surface area contributed by atoms with Crippen molar-refractivity contribution in [1.29, 1.82) is 0 Å². The molecule has 0 spiro atoms. The van der Waals surface area contributed by atoms with Crippen molar-refractivity contribution in [3.8, 4) is 0 Å². The molecule has 2 rings (SSSR count). The first kappa shape index (κ1) is 11.9. The molecule has 5 heteroatoms. The standard InChI is InChI=1S/C12H13NO3S/c1-9-4-2-3-5-10(9)6-11-7-13-8-12(11)17(14,15)16/h2-5,7-8,13H,6H2,1H3,(H,14,15,16). The fourth-order valence-corrected chi connectivity index (χ4v) is 2.45. The van der Waals surface area contributed by atoms with E-state index < -0.39 is 10.1 Å². The summed E-state index contributed by atoms with van der Waals surface area (Å²) in [5.41, 5.74) is 2.70. The van der Waals surface area contributed by atoms with Gasteiger partial charge in [-0.15, -0.1) is 0 Å². The Kier molecular flexibility index (Phi) is 3.04. The fourth-order valence-electron chi connectivity index (χ4n) is 1.77. The van der Waals surface area contributed by atoms with E-state index >= 15 is 0 Å². The van der Waals surface area contributed by atoms with Crippen LogP contribution in [-0.4, -0.2) is 18.0 Å². The summed E-state index contributed by atoms with van der Waals surface area (Å²) in [6.45, 7) is 1.97. The van der Waals surface area contributed by atoms with Gasteiger partial charge >= 0.3 is 0 Å². The maximum absolute atomic E-state index is 11.1. The van der Waals surface area contributed by atoms with E-state index in [-0.39, 0.29) is 4.90 Å². The van der Waals surface area contributed by atoms with E-state index in [1.807, 2.05) is 31.2 Å². The zero-order chi connectivity index (χ0) is 12.5. The largest absolute Gasteiger partial charge is 0.366 e. The maximum Gasteiger partial charge on any atom is 0.296 e. The summed E-state index contributed by atoms with van der Waals surface area (Å²) < 4.78 is 31.3. The van der Waals surface area contributed by atoms with Crippen molar-refractivity contribution < 1.29 is 13.0 Å². The molecule has 0 saturated carbocycles. The smallest absolute Gasteiger partial charge is 0.296 e. The van der Waals surface area contributed by atoms with Crippen molar-refractivity contribution >= 4 is 10.1 Å². The normalized spacial score (nSPS) is 11.6. The van der Waals surface area contributed by atoms with Crippen molar-refractivity contribution in [3.63, 3.8) is 0 Å². The van der Waals surface area contributed by atoms with Gasteiger partial charge in [-0.1, -0.05) is 24.3 Å². The molecule has 0 bridgehead atoms. The molecule has 0 radical (unpaired) electrons. The van der Waals surface area contributed by atoms with Crippen molar-refractivity contribution in [2.75, 3.05) is 0 Å². The zero-order valence-electron chi connectivity index (χ0n) is 9.34. The summed E-state index contributed by atoms with van der Waals surface area (Å²) in [4.78, 5) is 2.65. The molecule has 4 nitrogen and oxygen atoms in total. The van der Waals surface area contributed by atoms with Crippen LogP contribution in [0.4, 0.5) is 0 Å². The van der Waals surface area contributed by atoms with E-state index in [0.717, 1.165) is 11.1 Å². The van der Waals surface area contributed by atoms with Crippen LogP contribution in [-0.2, 0) is 16.5 Å². The minimum atomic E-state index is -4.15. The second-order valence-electron chi connectivity index (χ2n) is 3.92. The molecule has 0 saturated heterocycles. The highest BCUT2D eigenvalue weighted by atomic mass is 32.2. The third kappa shape index (κ3) is 2.57. The topological polar surface area (TPSA) is 70.2 Å². The lowest BCUT2D eigenvalue weighted by molar-refractivity contribution is 0.482. The minimum absolute atomic E-state index is 0.0549. The SMILES string of the molecule is Cc1ccccc1Cc1c[nH]cc1S(=O)(=O)O. The molecular formula is C12H13NO3S. The average molecular weight is 251 g/mol. The minimum Gasteiger partial charge on any atom is -0.366 e. The highest BCUT2D eigenvalue weighted by molar-refractivity contribution is 7.85. The number of aromatic amines is 1. The van der Waals surface area contributed by atoms with Gasteiger partial charge in [0, 0.05) is 18.8 Å². The second kappa shape index (κ2) is 4.35. The van der Waals surface area contributed by atoms with Gasteiger partial charge < -0.3 is 4.98 Å². The Morgan fingerprint density at radius 1 is 1.18 bits per heavy atom. The molecule has 2 aromatic rings. The number of benzene rings is 1. The molecule has 1 aromatic carbocycles. The third-order valence-electron chi connectivity index (χ3n) is 2.71. The van der Waals surface area contributed by atoms with Crippen molar-refractivity contribution in [1.82, 2.24) is 4.98 Å². The lowest BCUT2D eigenvalue weighted by Crippen LogP contribution is -2.01. The van der Waals surface area contributed by atoms with Crippen molar-refractivity contribution in [2.24, 2.45) is 0 Å². The lowest BCUT2D eigenvalue weighted by Gasteiger charge is -2.05. The predicted molar refractivity (Wildman–Crippen MR) is 64.6 cm³/mol. The molecule has 17 heavy (non-hydrogen) atoms. The summed E-state index contributed by atoms with van der Waals surface area (Å²) in [7, 11) is -4.15. The monoisotopic (exact) mass is 251 g/mol. The number of aryl methyl sites for hydroxylation is 1. The molecule has 1 heterocycles. The van der Waals surface area contributed by atoms with Crippen LogP contribution in [0.1, 0.15) is 16.7 Å². The molecule has 1 aromatic heterocycles. The van der Waals surface area contributed by atoms with Crippen molar-refractivity contribution in [2.45, 2.75) is 18.2 Å². The summed E-state index contributed by atoms with van der Waals surface area (Å²) in [6.07, 6.45) is 3.36. The first-order valence-corrected chi connectivity index (χ1v) is 6.60. The third-order valence-corrected chi connectivity index (χ3v) is 3.64. The van der Waals surface area contributed by atoms with E-state index in [1.165, 1.54) is 6.20 Å². The van der Waals surface area contributed by atoms with Crippen LogP contribution in [0.3, 0.4) is 0 Å². The number of aromatic nitrogens is 1. The summed E-state index contributed by atoms with van der Waals surface area (Å²) in [6, 6.07) is 7.74. The van der Waals surface area contributed by atoms with E-state index in [1.54, 1.807) is 6.20 Å². The van der Waals surface area contributed by atoms with Gasteiger partial charge in [0.1, 0.15) is 4.90 Å². The molecule has 0 amide bonds. The number of hydrogen-bond donors (Lipinski definition) is 2. The number of nitrogens with one attached hydrogen (secondary N) is 1. The first-order chi connectivity index (χ1) is 7.98. The molecule has 0 unspecified atom stereocenters. The molecule has 2 N–H and O–H groups in total. The molecule has 90 valence electrons. The van der Waals surface area contributed by atoms with Gasteiger partial charge in [0.25, 0.3) is 10.1 Å². The molecule has 0 aliphatic carbocycles. The number of hydrogen-bond acceptors (Lipinski definition) is 2. The molecule has 0 atom stereocenters. The molecular weight excluding hydrogens is 238 g/mol. The first-order valence-electron chi connectivity index (χ1n) is 5.16. The fraction of sp³-hybridized carbons (Fsp3) is 0.167. The van der Waals surface area contributed by atoms with Crippen molar-refractivity contribution in [3.05, 3.63) is 53.3 Å². The number of rotatable bonds is 3. The van der Waals surface area contributed by atoms with Crippen LogP contribution < -0.4 is 0 Å². The van der Waals surface area contributed by atoms with Crippen LogP contribution in [0.2, 0.25) is 0 Å². The van der Waals surface area contributed by atoms with Gasteiger partial charge in [-0.25, -0.2) is 0 Å². The van der Waals surface area contributed by atoms with Gasteiger partial charge in [-0.2, -0.15) is 8.42 Å².